The van der Waals surface area contributed by atoms with Gasteiger partial charge in [-0.15, -0.1) is 11.3 Å². The van der Waals surface area contributed by atoms with Crippen molar-refractivity contribution in [2.45, 2.75) is 38.7 Å². The number of hydrogen-bond donors (Lipinski definition) is 1. The van der Waals surface area contributed by atoms with Crippen LogP contribution in [0.1, 0.15) is 44.4 Å². The fraction of sp³-hybridized carbons (Fsp3) is 0.727. The summed E-state index contributed by atoms with van der Waals surface area (Å²) < 4.78 is 0. The molecule has 0 radical (unpaired) electrons. The zero-order chi connectivity index (χ0) is 9.97. The molecule has 0 saturated heterocycles. The van der Waals surface area contributed by atoms with Crippen molar-refractivity contribution >= 4 is 11.3 Å². The molecule has 1 aromatic heterocycles. The van der Waals surface area contributed by atoms with Crippen LogP contribution in [0.15, 0.2) is 10.9 Å². The van der Waals surface area contributed by atoms with Gasteiger partial charge in [0.15, 0.2) is 0 Å². The summed E-state index contributed by atoms with van der Waals surface area (Å²) in [5, 5.41) is 12.1. The van der Waals surface area contributed by atoms with Crippen LogP contribution in [-0.2, 0) is 0 Å². The van der Waals surface area contributed by atoms with E-state index in [-0.39, 0.29) is 6.10 Å². The molecule has 0 aliphatic heterocycles. The SMILES string of the molecule is CC1CCCC(C(O)c2cscn2)C1. The zero-order valence-electron chi connectivity index (χ0n) is 8.52. The molecule has 1 saturated carbocycles. The Morgan fingerprint density at radius 1 is 1.57 bits per heavy atom. The molecule has 3 unspecified atom stereocenters. The van der Waals surface area contributed by atoms with E-state index in [0.717, 1.165) is 24.5 Å². The smallest absolute Gasteiger partial charge is 0.0996 e. The number of aromatic nitrogens is 1. The third-order valence-corrected chi connectivity index (χ3v) is 3.78. The maximum atomic E-state index is 10.1. The lowest BCUT2D eigenvalue weighted by Gasteiger charge is -2.29. The highest BCUT2D eigenvalue weighted by Gasteiger charge is 2.27. The Morgan fingerprint density at radius 2 is 2.43 bits per heavy atom. The van der Waals surface area contributed by atoms with E-state index in [9.17, 15) is 5.11 Å². The first kappa shape index (κ1) is 10.1. The van der Waals surface area contributed by atoms with Gasteiger partial charge in [0.2, 0.25) is 0 Å². The van der Waals surface area contributed by atoms with E-state index in [0.29, 0.717) is 5.92 Å². The first-order chi connectivity index (χ1) is 6.77. The molecule has 3 heteroatoms. The van der Waals surface area contributed by atoms with Crippen LogP contribution in [0.3, 0.4) is 0 Å². The van der Waals surface area contributed by atoms with Crippen LogP contribution < -0.4 is 0 Å². The van der Waals surface area contributed by atoms with Gasteiger partial charge in [-0.05, 0) is 24.7 Å². The van der Waals surface area contributed by atoms with Gasteiger partial charge in [-0.3, -0.25) is 0 Å². The summed E-state index contributed by atoms with van der Waals surface area (Å²) >= 11 is 1.56. The highest BCUT2D eigenvalue weighted by atomic mass is 32.1. The van der Waals surface area contributed by atoms with Gasteiger partial charge < -0.3 is 5.11 Å². The second kappa shape index (κ2) is 4.41. The van der Waals surface area contributed by atoms with Crippen molar-refractivity contribution in [1.82, 2.24) is 4.98 Å². The van der Waals surface area contributed by atoms with Crippen LogP contribution in [0, 0.1) is 11.8 Å². The fourth-order valence-corrected chi connectivity index (χ4v) is 2.96. The molecule has 14 heavy (non-hydrogen) atoms. The van der Waals surface area contributed by atoms with Crippen molar-refractivity contribution in [2.24, 2.45) is 11.8 Å². The average molecular weight is 211 g/mol. The standard InChI is InChI=1S/C11H17NOS/c1-8-3-2-4-9(5-8)11(13)10-6-14-7-12-10/h6-9,11,13H,2-5H2,1H3. The minimum absolute atomic E-state index is 0.330. The molecule has 78 valence electrons. The van der Waals surface area contributed by atoms with Crippen LogP contribution >= 0.6 is 11.3 Å². The molecule has 1 heterocycles. The molecule has 0 amide bonds. The first-order valence-electron chi connectivity index (χ1n) is 5.33. The Labute approximate surface area is 89.0 Å². The van der Waals surface area contributed by atoms with E-state index in [1.54, 1.807) is 16.8 Å². The maximum absolute atomic E-state index is 10.1. The summed E-state index contributed by atoms with van der Waals surface area (Å²) in [4.78, 5) is 4.18. The van der Waals surface area contributed by atoms with Crippen molar-refractivity contribution in [1.29, 1.82) is 0 Å². The Morgan fingerprint density at radius 3 is 3.07 bits per heavy atom. The highest BCUT2D eigenvalue weighted by Crippen LogP contribution is 2.36. The second-order valence-corrected chi connectivity index (χ2v) is 5.11. The van der Waals surface area contributed by atoms with Crippen molar-refractivity contribution < 1.29 is 5.11 Å². The minimum Gasteiger partial charge on any atom is -0.386 e. The average Bonchev–Trinajstić information content (AvgIpc) is 2.69. The molecule has 1 fully saturated rings. The molecule has 1 aliphatic carbocycles. The Kier molecular flexibility index (Phi) is 3.19. The van der Waals surface area contributed by atoms with E-state index in [2.05, 4.69) is 11.9 Å². The molecule has 1 aromatic rings. The predicted octanol–water partition coefficient (Wildman–Crippen LogP) is 3.00. The van der Waals surface area contributed by atoms with Gasteiger partial charge in [-0.1, -0.05) is 19.8 Å². The largest absolute Gasteiger partial charge is 0.386 e. The lowest BCUT2D eigenvalue weighted by molar-refractivity contribution is 0.0685. The van der Waals surface area contributed by atoms with E-state index in [1.807, 2.05) is 5.38 Å². The number of thiazole rings is 1. The zero-order valence-corrected chi connectivity index (χ0v) is 9.33. The maximum Gasteiger partial charge on any atom is 0.0996 e. The second-order valence-electron chi connectivity index (χ2n) is 4.39. The van der Waals surface area contributed by atoms with E-state index >= 15 is 0 Å². The third kappa shape index (κ3) is 2.15. The predicted molar refractivity (Wildman–Crippen MR) is 58.2 cm³/mol. The molecule has 0 aromatic carbocycles. The van der Waals surface area contributed by atoms with Crippen LogP contribution in [0.2, 0.25) is 0 Å². The summed E-state index contributed by atoms with van der Waals surface area (Å²) in [5.41, 5.74) is 2.67. The summed E-state index contributed by atoms with van der Waals surface area (Å²) in [6, 6.07) is 0. The molecule has 0 spiro atoms. The Bertz CT molecular complexity index is 273. The van der Waals surface area contributed by atoms with Crippen LogP contribution in [0.4, 0.5) is 0 Å². The monoisotopic (exact) mass is 211 g/mol. The molecule has 0 bridgehead atoms. The third-order valence-electron chi connectivity index (χ3n) is 3.18. The van der Waals surface area contributed by atoms with Crippen molar-refractivity contribution in [2.75, 3.05) is 0 Å². The Balaban J connectivity index is 2.00. The van der Waals surface area contributed by atoms with Gasteiger partial charge in [-0.25, -0.2) is 4.98 Å². The van der Waals surface area contributed by atoms with E-state index in [4.69, 9.17) is 0 Å². The molecule has 1 aliphatic rings. The molecule has 1 N–H and O–H groups in total. The summed E-state index contributed by atoms with van der Waals surface area (Å²) in [6.45, 7) is 2.28. The number of rotatable bonds is 2. The van der Waals surface area contributed by atoms with Crippen molar-refractivity contribution in [3.63, 3.8) is 0 Å². The van der Waals surface area contributed by atoms with Crippen LogP contribution in [-0.4, -0.2) is 10.1 Å². The quantitative estimate of drug-likeness (QED) is 0.815. The van der Waals surface area contributed by atoms with Crippen molar-refractivity contribution in [3.05, 3.63) is 16.6 Å². The van der Waals surface area contributed by atoms with Gasteiger partial charge in [0.1, 0.15) is 0 Å². The minimum atomic E-state index is -0.330. The Hall–Kier alpha value is -0.410. The van der Waals surface area contributed by atoms with Gasteiger partial charge in [-0.2, -0.15) is 0 Å². The number of aliphatic hydroxyl groups is 1. The number of nitrogens with zero attached hydrogens (tertiary/aromatic N) is 1. The van der Waals surface area contributed by atoms with E-state index in [1.165, 1.54) is 12.8 Å². The molecular weight excluding hydrogens is 194 g/mol. The topological polar surface area (TPSA) is 33.1 Å². The normalized spacial score (nSPS) is 30.1. The van der Waals surface area contributed by atoms with Crippen LogP contribution in [0.25, 0.3) is 0 Å². The highest BCUT2D eigenvalue weighted by molar-refractivity contribution is 7.07. The van der Waals surface area contributed by atoms with Gasteiger partial charge >= 0.3 is 0 Å². The molecule has 3 atom stereocenters. The van der Waals surface area contributed by atoms with Gasteiger partial charge in [0.25, 0.3) is 0 Å². The molecule has 2 rings (SSSR count). The van der Waals surface area contributed by atoms with Crippen molar-refractivity contribution in [3.8, 4) is 0 Å². The van der Waals surface area contributed by atoms with Gasteiger partial charge in [0.05, 0.1) is 17.3 Å². The first-order valence-corrected chi connectivity index (χ1v) is 6.28. The van der Waals surface area contributed by atoms with E-state index < -0.39 is 0 Å². The number of aliphatic hydroxyl groups excluding tert-OH is 1. The van der Waals surface area contributed by atoms with Gasteiger partial charge in [0, 0.05) is 5.38 Å². The lowest BCUT2D eigenvalue weighted by atomic mass is 9.79. The molecular formula is C11H17NOS. The van der Waals surface area contributed by atoms with Crippen LogP contribution in [0.5, 0.6) is 0 Å². The fourth-order valence-electron chi connectivity index (χ4n) is 2.38. The number of hydrogen-bond acceptors (Lipinski definition) is 3. The summed E-state index contributed by atoms with van der Waals surface area (Å²) in [6.07, 6.45) is 4.55. The summed E-state index contributed by atoms with van der Waals surface area (Å²) in [7, 11) is 0. The molecule has 2 nitrogen and oxygen atoms in total. The summed E-state index contributed by atoms with van der Waals surface area (Å²) in [5.74, 6) is 1.20. The lowest BCUT2D eigenvalue weighted by Crippen LogP contribution is -2.20.